The Morgan fingerprint density at radius 2 is 2.35 bits per heavy atom. The van der Waals surface area contributed by atoms with Crippen LogP contribution >= 0.6 is 11.8 Å². The normalized spacial score (nSPS) is 9.94. The SMILES string of the molecule is CCOCCCNc1ncnc(SC)c1C#N. The zero-order chi connectivity index (χ0) is 12.5. The quantitative estimate of drug-likeness (QED) is 0.454. The van der Waals surface area contributed by atoms with E-state index in [0.29, 0.717) is 23.0 Å². The molecule has 0 bridgehead atoms. The zero-order valence-corrected chi connectivity index (χ0v) is 10.9. The maximum absolute atomic E-state index is 9.06. The third-order valence-corrected chi connectivity index (χ3v) is 2.78. The fraction of sp³-hybridized carbons (Fsp3) is 0.545. The van der Waals surface area contributed by atoms with Crippen molar-refractivity contribution in [1.82, 2.24) is 9.97 Å². The lowest BCUT2D eigenvalue weighted by atomic mass is 10.3. The van der Waals surface area contributed by atoms with Crippen molar-refractivity contribution in [1.29, 1.82) is 5.26 Å². The van der Waals surface area contributed by atoms with Gasteiger partial charge in [-0.15, -0.1) is 11.8 Å². The second-order valence-corrected chi connectivity index (χ2v) is 3.99. The van der Waals surface area contributed by atoms with Gasteiger partial charge < -0.3 is 10.1 Å². The Kier molecular flexibility index (Phi) is 6.37. The monoisotopic (exact) mass is 252 g/mol. The zero-order valence-electron chi connectivity index (χ0n) is 10.1. The molecule has 0 saturated heterocycles. The van der Waals surface area contributed by atoms with Gasteiger partial charge in [-0.3, -0.25) is 0 Å². The number of nitrogens with zero attached hydrogens (tertiary/aromatic N) is 3. The highest BCUT2D eigenvalue weighted by Gasteiger charge is 2.09. The van der Waals surface area contributed by atoms with Gasteiger partial charge in [0.05, 0.1) is 0 Å². The summed E-state index contributed by atoms with van der Waals surface area (Å²) in [6.07, 6.45) is 4.25. The molecule has 1 N–H and O–H groups in total. The highest BCUT2D eigenvalue weighted by Crippen LogP contribution is 2.21. The van der Waals surface area contributed by atoms with Gasteiger partial charge in [0.1, 0.15) is 28.8 Å². The lowest BCUT2D eigenvalue weighted by molar-refractivity contribution is 0.147. The van der Waals surface area contributed by atoms with Crippen LogP contribution in [0.15, 0.2) is 11.4 Å². The molecule has 0 spiro atoms. The number of nitrogens with one attached hydrogen (secondary N) is 1. The van der Waals surface area contributed by atoms with E-state index in [1.54, 1.807) is 0 Å². The van der Waals surface area contributed by atoms with Gasteiger partial charge in [-0.05, 0) is 19.6 Å². The molecule has 0 amide bonds. The van der Waals surface area contributed by atoms with Gasteiger partial charge in [-0.25, -0.2) is 9.97 Å². The van der Waals surface area contributed by atoms with Crippen LogP contribution in [0.5, 0.6) is 0 Å². The number of rotatable bonds is 7. The van der Waals surface area contributed by atoms with Crippen molar-refractivity contribution in [3.63, 3.8) is 0 Å². The highest BCUT2D eigenvalue weighted by atomic mass is 32.2. The van der Waals surface area contributed by atoms with Crippen LogP contribution in [0.1, 0.15) is 18.9 Å². The van der Waals surface area contributed by atoms with E-state index < -0.39 is 0 Å². The minimum atomic E-state index is 0.511. The number of nitriles is 1. The summed E-state index contributed by atoms with van der Waals surface area (Å²) < 4.78 is 5.23. The Bertz CT molecular complexity index is 392. The molecule has 0 atom stereocenters. The van der Waals surface area contributed by atoms with Crippen LogP contribution in [0.2, 0.25) is 0 Å². The smallest absolute Gasteiger partial charge is 0.148 e. The van der Waals surface area contributed by atoms with Crippen molar-refractivity contribution >= 4 is 17.6 Å². The average molecular weight is 252 g/mol. The first-order valence-electron chi connectivity index (χ1n) is 5.44. The molecule has 17 heavy (non-hydrogen) atoms. The second kappa shape index (κ2) is 7.87. The Morgan fingerprint density at radius 1 is 1.53 bits per heavy atom. The van der Waals surface area contributed by atoms with Crippen LogP contribution in [-0.4, -0.2) is 36.0 Å². The van der Waals surface area contributed by atoms with Gasteiger partial charge in [-0.1, -0.05) is 0 Å². The summed E-state index contributed by atoms with van der Waals surface area (Å²) in [4.78, 5) is 8.13. The van der Waals surface area contributed by atoms with Gasteiger partial charge in [0.25, 0.3) is 0 Å². The Labute approximate surface area is 106 Å². The Hall–Kier alpha value is -1.32. The standard InChI is InChI=1S/C11H16N4OS/c1-3-16-6-4-5-13-10-9(7-12)11(17-2)15-8-14-10/h8H,3-6H2,1-2H3,(H,13,14,15). The number of anilines is 1. The molecular formula is C11H16N4OS. The van der Waals surface area contributed by atoms with Gasteiger partial charge >= 0.3 is 0 Å². The maximum atomic E-state index is 9.06. The topological polar surface area (TPSA) is 70.8 Å². The molecule has 0 aliphatic rings. The van der Waals surface area contributed by atoms with Crippen molar-refractivity contribution in [2.24, 2.45) is 0 Å². The molecular weight excluding hydrogens is 236 g/mol. The summed E-state index contributed by atoms with van der Waals surface area (Å²) in [5.41, 5.74) is 0.511. The van der Waals surface area contributed by atoms with Crippen molar-refractivity contribution in [3.05, 3.63) is 11.9 Å². The number of thioether (sulfide) groups is 1. The molecule has 1 rings (SSSR count). The molecule has 1 aromatic heterocycles. The van der Waals surface area contributed by atoms with E-state index in [4.69, 9.17) is 10.00 Å². The van der Waals surface area contributed by atoms with Crippen molar-refractivity contribution in [2.45, 2.75) is 18.4 Å². The predicted octanol–water partition coefficient (Wildman–Crippen LogP) is 1.91. The predicted molar refractivity (Wildman–Crippen MR) is 68.1 cm³/mol. The minimum absolute atomic E-state index is 0.511. The molecule has 5 nitrogen and oxygen atoms in total. The van der Waals surface area contributed by atoms with Crippen molar-refractivity contribution in [2.75, 3.05) is 31.3 Å². The molecule has 1 heterocycles. The Balaban J connectivity index is 2.56. The van der Waals surface area contributed by atoms with E-state index in [9.17, 15) is 0 Å². The third-order valence-electron chi connectivity index (χ3n) is 2.08. The average Bonchev–Trinajstić information content (AvgIpc) is 2.38. The van der Waals surface area contributed by atoms with Crippen LogP contribution < -0.4 is 5.32 Å². The fourth-order valence-electron chi connectivity index (χ4n) is 1.28. The van der Waals surface area contributed by atoms with Crippen LogP contribution in [0, 0.1) is 11.3 Å². The number of hydrogen-bond donors (Lipinski definition) is 1. The summed E-state index contributed by atoms with van der Waals surface area (Å²) >= 11 is 1.44. The fourth-order valence-corrected chi connectivity index (χ4v) is 1.78. The molecule has 6 heteroatoms. The van der Waals surface area contributed by atoms with Gasteiger partial charge in [0, 0.05) is 19.8 Å². The number of hydrogen-bond acceptors (Lipinski definition) is 6. The van der Waals surface area contributed by atoms with Gasteiger partial charge in [0.15, 0.2) is 0 Å². The summed E-state index contributed by atoms with van der Waals surface area (Å²) in [5, 5.41) is 12.9. The Morgan fingerprint density at radius 3 is 3.00 bits per heavy atom. The molecule has 1 aromatic rings. The van der Waals surface area contributed by atoms with E-state index in [0.717, 1.165) is 19.6 Å². The molecule has 0 aliphatic heterocycles. The lowest BCUT2D eigenvalue weighted by Gasteiger charge is -2.08. The number of aromatic nitrogens is 2. The molecule has 0 saturated carbocycles. The first-order valence-corrected chi connectivity index (χ1v) is 6.66. The number of ether oxygens (including phenoxy) is 1. The van der Waals surface area contributed by atoms with Crippen LogP contribution in [0.3, 0.4) is 0 Å². The molecule has 0 radical (unpaired) electrons. The highest BCUT2D eigenvalue weighted by molar-refractivity contribution is 7.98. The van der Waals surface area contributed by atoms with Crippen LogP contribution in [0.25, 0.3) is 0 Å². The van der Waals surface area contributed by atoms with Gasteiger partial charge in [-0.2, -0.15) is 5.26 Å². The van der Waals surface area contributed by atoms with E-state index in [-0.39, 0.29) is 0 Å². The van der Waals surface area contributed by atoms with E-state index >= 15 is 0 Å². The minimum Gasteiger partial charge on any atom is -0.382 e. The first kappa shape index (κ1) is 13.7. The van der Waals surface area contributed by atoms with E-state index in [1.165, 1.54) is 18.1 Å². The molecule has 0 aromatic carbocycles. The summed E-state index contributed by atoms with van der Waals surface area (Å²) in [6.45, 7) is 4.15. The summed E-state index contributed by atoms with van der Waals surface area (Å²) in [6, 6.07) is 2.13. The third kappa shape index (κ3) is 4.21. The van der Waals surface area contributed by atoms with E-state index in [1.807, 2.05) is 13.2 Å². The van der Waals surface area contributed by atoms with Crippen LogP contribution in [-0.2, 0) is 4.74 Å². The van der Waals surface area contributed by atoms with E-state index in [2.05, 4.69) is 21.4 Å². The van der Waals surface area contributed by atoms with Crippen molar-refractivity contribution < 1.29 is 4.74 Å². The molecule has 92 valence electrons. The van der Waals surface area contributed by atoms with Gasteiger partial charge in [0.2, 0.25) is 0 Å². The molecule has 0 fully saturated rings. The largest absolute Gasteiger partial charge is 0.382 e. The summed E-state index contributed by atoms with van der Waals surface area (Å²) in [5.74, 6) is 0.600. The maximum Gasteiger partial charge on any atom is 0.148 e. The van der Waals surface area contributed by atoms with Crippen molar-refractivity contribution in [3.8, 4) is 6.07 Å². The van der Waals surface area contributed by atoms with Crippen LogP contribution in [0.4, 0.5) is 5.82 Å². The molecule has 0 unspecified atom stereocenters. The first-order chi connectivity index (χ1) is 8.33. The lowest BCUT2D eigenvalue weighted by Crippen LogP contribution is -2.09. The molecule has 0 aliphatic carbocycles. The second-order valence-electron chi connectivity index (χ2n) is 3.20. The summed E-state index contributed by atoms with van der Waals surface area (Å²) in [7, 11) is 0.